The van der Waals surface area contributed by atoms with Crippen molar-refractivity contribution >= 4 is 9.04 Å². The molecule has 0 bridgehead atoms. The second-order valence-corrected chi connectivity index (χ2v) is 6.98. The summed E-state index contributed by atoms with van der Waals surface area (Å²) in [7, 11) is 0.619. The van der Waals surface area contributed by atoms with Gasteiger partial charge in [0.05, 0.1) is 0 Å². The van der Waals surface area contributed by atoms with Crippen molar-refractivity contribution in [1.82, 2.24) is 0 Å². The lowest BCUT2D eigenvalue weighted by atomic mass is 10.2. The number of hydrogen-bond donors (Lipinski definition) is 0. The van der Waals surface area contributed by atoms with E-state index in [1.54, 1.807) is 7.11 Å². The monoisotopic (exact) mass is 252 g/mol. The highest BCUT2D eigenvalue weighted by molar-refractivity contribution is 6.51. The van der Waals surface area contributed by atoms with Crippen LogP contribution in [0.3, 0.4) is 0 Å². The van der Waals surface area contributed by atoms with Crippen LogP contribution in [0.2, 0.25) is 12.1 Å². The van der Waals surface area contributed by atoms with E-state index in [1.807, 2.05) is 18.2 Å². The third kappa shape index (κ3) is 5.02. The fraction of sp³-hybridized carbons (Fsp3) is 0.571. The lowest BCUT2D eigenvalue weighted by Gasteiger charge is -2.23. The number of rotatable bonds is 8. The molecule has 17 heavy (non-hydrogen) atoms. The molecule has 0 fully saturated rings. The lowest BCUT2D eigenvalue weighted by molar-refractivity contribution is -0.0597. The molecule has 0 amide bonds. The number of methoxy groups -OCH3 is 1. The normalized spacial score (nSPS) is 12.9. The van der Waals surface area contributed by atoms with E-state index >= 15 is 0 Å². The molecule has 0 aromatic heterocycles. The fourth-order valence-corrected chi connectivity index (χ4v) is 4.45. The molecule has 0 aliphatic rings. The molecule has 0 saturated carbocycles. The molecule has 1 aromatic rings. The number of hydrogen-bond acceptors (Lipinski definition) is 2. The first-order valence-electron chi connectivity index (χ1n) is 6.55. The topological polar surface area (TPSA) is 18.5 Å². The SMILES string of the molecule is CCC[SiH](CCC)OC(OC)c1ccccc1. The zero-order valence-electron chi connectivity index (χ0n) is 11.2. The van der Waals surface area contributed by atoms with Crippen LogP contribution < -0.4 is 0 Å². The van der Waals surface area contributed by atoms with Gasteiger partial charge in [-0.2, -0.15) is 0 Å². The molecule has 0 aliphatic carbocycles. The van der Waals surface area contributed by atoms with E-state index in [4.69, 9.17) is 9.16 Å². The Morgan fingerprint density at radius 1 is 1.06 bits per heavy atom. The highest BCUT2D eigenvalue weighted by Crippen LogP contribution is 2.22. The maximum atomic E-state index is 6.18. The van der Waals surface area contributed by atoms with Gasteiger partial charge in [0.2, 0.25) is 0 Å². The molecule has 0 radical (unpaired) electrons. The second kappa shape index (κ2) is 8.45. The molecule has 0 heterocycles. The lowest BCUT2D eigenvalue weighted by Crippen LogP contribution is -2.21. The van der Waals surface area contributed by atoms with Gasteiger partial charge >= 0.3 is 0 Å². The minimum Gasteiger partial charge on any atom is -0.392 e. The van der Waals surface area contributed by atoms with Crippen molar-refractivity contribution < 1.29 is 9.16 Å². The Hall–Kier alpha value is -0.643. The van der Waals surface area contributed by atoms with E-state index in [9.17, 15) is 0 Å². The summed E-state index contributed by atoms with van der Waals surface area (Å²) in [4.78, 5) is 0. The van der Waals surface area contributed by atoms with Crippen molar-refractivity contribution in [3.8, 4) is 0 Å². The average Bonchev–Trinajstić information content (AvgIpc) is 2.37. The molecule has 0 spiro atoms. The first kappa shape index (κ1) is 14.4. The minimum absolute atomic E-state index is 0.175. The molecular weight excluding hydrogens is 228 g/mol. The van der Waals surface area contributed by atoms with Crippen LogP contribution in [-0.4, -0.2) is 16.2 Å². The van der Waals surface area contributed by atoms with E-state index in [1.165, 1.54) is 24.9 Å². The van der Waals surface area contributed by atoms with Crippen LogP contribution in [0.5, 0.6) is 0 Å². The van der Waals surface area contributed by atoms with Gasteiger partial charge in [-0.25, -0.2) is 0 Å². The summed E-state index contributed by atoms with van der Waals surface area (Å²) in [6.07, 6.45) is 2.25. The van der Waals surface area contributed by atoms with Crippen LogP contribution in [0, 0.1) is 0 Å². The van der Waals surface area contributed by atoms with E-state index in [0.717, 1.165) is 5.56 Å². The number of benzene rings is 1. The molecule has 1 unspecified atom stereocenters. The first-order chi connectivity index (χ1) is 8.31. The molecule has 1 aromatic carbocycles. The van der Waals surface area contributed by atoms with Crippen LogP contribution in [0.25, 0.3) is 0 Å². The van der Waals surface area contributed by atoms with Crippen molar-refractivity contribution in [2.75, 3.05) is 7.11 Å². The van der Waals surface area contributed by atoms with Crippen LogP contribution in [0.4, 0.5) is 0 Å². The largest absolute Gasteiger partial charge is 0.392 e. The van der Waals surface area contributed by atoms with Crippen molar-refractivity contribution in [2.24, 2.45) is 0 Å². The van der Waals surface area contributed by atoms with Gasteiger partial charge in [0.1, 0.15) is 0 Å². The Labute approximate surface area is 107 Å². The quantitative estimate of drug-likeness (QED) is 0.516. The molecule has 0 aliphatic heterocycles. The highest BCUT2D eigenvalue weighted by Gasteiger charge is 2.17. The third-order valence-corrected chi connectivity index (χ3v) is 5.90. The molecule has 1 rings (SSSR count). The van der Waals surface area contributed by atoms with E-state index in [-0.39, 0.29) is 6.29 Å². The van der Waals surface area contributed by atoms with Crippen LogP contribution in [-0.2, 0) is 9.16 Å². The van der Waals surface area contributed by atoms with E-state index in [2.05, 4.69) is 26.0 Å². The van der Waals surface area contributed by atoms with Crippen LogP contribution >= 0.6 is 0 Å². The predicted octanol–water partition coefficient (Wildman–Crippen LogP) is 3.89. The summed E-state index contributed by atoms with van der Waals surface area (Å²) in [5.74, 6) is 0. The standard InChI is InChI=1S/C14H24O2Si/c1-4-11-17(12-5-2)16-14(15-3)13-9-7-6-8-10-13/h6-10,14,17H,4-5,11-12H2,1-3H3. The van der Waals surface area contributed by atoms with Gasteiger partial charge in [-0.05, 0) is 12.1 Å². The van der Waals surface area contributed by atoms with Crippen molar-refractivity contribution in [1.29, 1.82) is 0 Å². The molecule has 0 saturated heterocycles. The third-order valence-electron chi connectivity index (χ3n) is 2.82. The second-order valence-electron chi connectivity index (χ2n) is 4.31. The summed E-state index contributed by atoms with van der Waals surface area (Å²) >= 11 is 0. The number of ether oxygens (including phenoxy) is 1. The van der Waals surface area contributed by atoms with Gasteiger partial charge in [-0.1, -0.05) is 57.0 Å². The fourth-order valence-electron chi connectivity index (χ4n) is 1.98. The Bertz CT molecular complexity index is 284. The van der Waals surface area contributed by atoms with Crippen molar-refractivity contribution in [2.45, 2.75) is 45.1 Å². The maximum absolute atomic E-state index is 6.18. The molecule has 2 nitrogen and oxygen atoms in total. The minimum atomic E-state index is -1.10. The van der Waals surface area contributed by atoms with E-state index < -0.39 is 9.04 Å². The molecule has 0 N–H and O–H groups in total. The van der Waals surface area contributed by atoms with Crippen molar-refractivity contribution in [3.05, 3.63) is 35.9 Å². The van der Waals surface area contributed by atoms with Gasteiger partial charge in [0, 0.05) is 12.7 Å². The van der Waals surface area contributed by atoms with Crippen molar-refractivity contribution in [3.63, 3.8) is 0 Å². The summed E-state index contributed by atoms with van der Waals surface area (Å²) < 4.78 is 11.7. The summed E-state index contributed by atoms with van der Waals surface area (Å²) in [6.45, 7) is 4.45. The maximum Gasteiger partial charge on any atom is 0.180 e. The zero-order valence-corrected chi connectivity index (χ0v) is 12.3. The summed E-state index contributed by atoms with van der Waals surface area (Å²) in [5, 5.41) is 0. The van der Waals surface area contributed by atoms with Gasteiger partial charge in [-0.3, -0.25) is 0 Å². The highest BCUT2D eigenvalue weighted by atomic mass is 28.3. The van der Waals surface area contributed by atoms with Gasteiger partial charge in [-0.15, -0.1) is 0 Å². The molecule has 96 valence electrons. The van der Waals surface area contributed by atoms with Crippen LogP contribution in [0.15, 0.2) is 30.3 Å². The average molecular weight is 252 g/mol. The molecule has 3 heteroatoms. The van der Waals surface area contributed by atoms with Gasteiger partial charge < -0.3 is 9.16 Å². The summed E-state index contributed by atoms with van der Waals surface area (Å²) in [6, 6.07) is 12.7. The van der Waals surface area contributed by atoms with Gasteiger partial charge in [0.15, 0.2) is 15.3 Å². The smallest absolute Gasteiger partial charge is 0.180 e. The molecule has 1 atom stereocenters. The predicted molar refractivity (Wildman–Crippen MR) is 74.6 cm³/mol. The summed E-state index contributed by atoms with van der Waals surface area (Å²) in [5.41, 5.74) is 1.12. The molecular formula is C14H24O2Si. The Morgan fingerprint density at radius 2 is 1.65 bits per heavy atom. The Morgan fingerprint density at radius 3 is 2.12 bits per heavy atom. The zero-order chi connectivity index (χ0) is 12.5. The Balaban J connectivity index is 2.61. The van der Waals surface area contributed by atoms with E-state index in [0.29, 0.717) is 0 Å². The van der Waals surface area contributed by atoms with Gasteiger partial charge in [0.25, 0.3) is 0 Å². The first-order valence-corrected chi connectivity index (χ1v) is 8.65. The van der Waals surface area contributed by atoms with Crippen LogP contribution in [0.1, 0.15) is 38.5 Å². The Kier molecular flexibility index (Phi) is 7.16.